The van der Waals surface area contributed by atoms with Crippen LogP contribution in [-0.2, 0) is 9.59 Å². The van der Waals surface area contributed by atoms with Crippen LogP contribution in [-0.4, -0.2) is 36.8 Å². The first kappa shape index (κ1) is 25.2. The van der Waals surface area contributed by atoms with Crippen molar-refractivity contribution in [2.24, 2.45) is 11.5 Å². The molecule has 0 atom stereocenters. The lowest BCUT2D eigenvalue weighted by atomic mass is 10.1. The molecule has 6 N–H and O–H groups in total. The fourth-order valence-corrected chi connectivity index (χ4v) is 2.89. The van der Waals surface area contributed by atoms with Gasteiger partial charge < -0.3 is 30.4 Å². The molecule has 0 spiro atoms. The lowest BCUT2D eigenvalue weighted by molar-refractivity contribution is -0.132. The summed E-state index contributed by atoms with van der Waals surface area (Å²) in [6, 6.07) is 9.37. The van der Waals surface area contributed by atoms with Gasteiger partial charge in [0.05, 0.1) is 24.3 Å². The number of hydrogen-bond acceptors (Lipinski definition) is 8. The molecule has 0 saturated heterocycles. The number of ether oxygens (including phenoxy) is 4. The Bertz CT molecular complexity index is 956. The smallest absolute Gasteiger partial charge is 0.308 e. The number of carbonyl (C=O) groups excluding carboxylic acids is 2. The summed E-state index contributed by atoms with van der Waals surface area (Å²) in [5.41, 5.74) is 11.9. The van der Waals surface area contributed by atoms with Crippen LogP contribution in [0.25, 0.3) is 0 Å². The van der Waals surface area contributed by atoms with Crippen LogP contribution < -0.4 is 30.4 Å². The van der Waals surface area contributed by atoms with Crippen LogP contribution in [0.3, 0.4) is 0 Å². The van der Waals surface area contributed by atoms with E-state index in [9.17, 15) is 9.59 Å². The zero-order chi connectivity index (χ0) is 24.4. The average Bonchev–Trinajstić information content (AvgIpc) is 2.73. The van der Waals surface area contributed by atoms with Crippen molar-refractivity contribution in [3.8, 4) is 23.0 Å². The fraction of sp³-hybridized carbons (Fsp3) is 0.304. The van der Waals surface area contributed by atoms with Crippen LogP contribution in [0.15, 0.2) is 36.4 Å². The van der Waals surface area contributed by atoms with Gasteiger partial charge >= 0.3 is 11.9 Å². The summed E-state index contributed by atoms with van der Waals surface area (Å²) in [5.74, 6) is 0.169. The van der Waals surface area contributed by atoms with Crippen molar-refractivity contribution in [3.05, 3.63) is 47.5 Å². The van der Waals surface area contributed by atoms with E-state index in [4.69, 9.17) is 41.2 Å². The Morgan fingerprint density at radius 1 is 0.727 bits per heavy atom. The van der Waals surface area contributed by atoms with E-state index in [2.05, 4.69) is 0 Å². The number of unbranched alkanes of at least 4 members (excludes halogenated alkanes) is 2. The molecule has 0 aliphatic carbocycles. The van der Waals surface area contributed by atoms with Gasteiger partial charge in [-0.25, -0.2) is 0 Å². The van der Waals surface area contributed by atoms with Gasteiger partial charge in [-0.05, 0) is 55.7 Å². The van der Waals surface area contributed by atoms with Gasteiger partial charge in [0.15, 0.2) is 0 Å². The predicted molar refractivity (Wildman–Crippen MR) is 122 cm³/mol. The first-order valence-corrected chi connectivity index (χ1v) is 10.3. The highest BCUT2D eigenvalue weighted by molar-refractivity contribution is 5.98. The fourth-order valence-electron chi connectivity index (χ4n) is 2.89. The SMILES string of the molecule is CC(=O)Oc1ccc(OCCCCCOc2ccc(OC(C)=O)cc2C(=N)N)c(C(=N)N)c1. The number of esters is 2. The molecule has 176 valence electrons. The summed E-state index contributed by atoms with van der Waals surface area (Å²) in [6.45, 7) is 3.40. The quantitative estimate of drug-likeness (QED) is 0.124. The van der Waals surface area contributed by atoms with E-state index in [0.717, 1.165) is 19.3 Å². The van der Waals surface area contributed by atoms with Gasteiger partial charge in [-0.3, -0.25) is 20.4 Å². The standard InChI is InChI=1S/C23H28N4O6/c1-14(28)32-16-6-8-20(18(12-16)22(24)25)30-10-4-3-5-11-31-21-9-7-17(33-15(2)29)13-19(21)23(26)27/h6-9,12-13H,3-5,10-11H2,1-2H3,(H3,24,25)(H3,26,27). The minimum Gasteiger partial charge on any atom is -0.493 e. The van der Waals surface area contributed by atoms with Crippen molar-refractivity contribution < 1.29 is 28.5 Å². The Balaban J connectivity index is 1.80. The van der Waals surface area contributed by atoms with Crippen molar-refractivity contribution in [1.82, 2.24) is 0 Å². The van der Waals surface area contributed by atoms with E-state index in [-0.39, 0.29) is 11.7 Å². The molecule has 10 nitrogen and oxygen atoms in total. The molecule has 2 aromatic rings. The largest absolute Gasteiger partial charge is 0.493 e. The van der Waals surface area contributed by atoms with Crippen LogP contribution in [0.5, 0.6) is 23.0 Å². The predicted octanol–water partition coefficient (Wildman–Crippen LogP) is 2.73. The van der Waals surface area contributed by atoms with E-state index in [0.29, 0.717) is 47.3 Å². The second-order valence-corrected chi connectivity index (χ2v) is 7.09. The number of nitrogens with one attached hydrogen (secondary N) is 2. The summed E-state index contributed by atoms with van der Waals surface area (Å²) in [6.07, 6.45) is 2.27. The summed E-state index contributed by atoms with van der Waals surface area (Å²) >= 11 is 0. The lowest BCUT2D eigenvalue weighted by Gasteiger charge is -2.13. The molecule has 0 heterocycles. The second-order valence-electron chi connectivity index (χ2n) is 7.09. The van der Waals surface area contributed by atoms with E-state index < -0.39 is 11.9 Å². The second kappa shape index (κ2) is 12.1. The Kier molecular flexibility index (Phi) is 9.22. The number of benzene rings is 2. The third-order valence-electron chi connectivity index (χ3n) is 4.31. The number of carbonyl (C=O) groups is 2. The van der Waals surface area contributed by atoms with Crippen LogP contribution in [0.2, 0.25) is 0 Å². The zero-order valence-corrected chi connectivity index (χ0v) is 18.6. The third kappa shape index (κ3) is 8.17. The van der Waals surface area contributed by atoms with Gasteiger partial charge in [0.25, 0.3) is 0 Å². The van der Waals surface area contributed by atoms with Gasteiger partial charge in [-0.2, -0.15) is 0 Å². The molecule has 0 fully saturated rings. The molecular formula is C23H28N4O6. The van der Waals surface area contributed by atoms with Gasteiger partial charge in [0.1, 0.15) is 34.7 Å². The Morgan fingerprint density at radius 3 is 1.45 bits per heavy atom. The number of amidine groups is 2. The van der Waals surface area contributed by atoms with Gasteiger partial charge in [-0.1, -0.05) is 0 Å². The Morgan fingerprint density at radius 2 is 1.12 bits per heavy atom. The molecule has 2 aromatic carbocycles. The average molecular weight is 456 g/mol. The highest BCUT2D eigenvalue weighted by atomic mass is 16.5. The summed E-state index contributed by atoms with van der Waals surface area (Å²) < 4.78 is 21.5. The zero-order valence-electron chi connectivity index (χ0n) is 18.6. The topological polar surface area (TPSA) is 171 Å². The molecule has 33 heavy (non-hydrogen) atoms. The van der Waals surface area contributed by atoms with Crippen LogP contribution in [0.4, 0.5) is 0 Å². The number of hydrogen-bond donors (Lipinski definition) is 4. The molecule has 0 aromatic heterocycles. The maximum atomic E-state index is 11.1. The molecule has 10 heteroatoms. The maximum Gasteiger partial charge on any atom is 0.308 e. The van der Waals surface area contributed by atoms with Gasteiger partial charge in [0.2, 0.25) is 0 Å². The van der Waals surface area contributed by atoms with E-state index in [1.165, 1.54) is 26.0 Å². The normalized spacial score (nSPS) is 10.2. The molecule has 0 aliphatic rings. The third-order valence-corrected chi connectivity index (χ3v) is 4.31. The highest BCUT2D eigenvalue weighted by Gasteiger charge is 2.11. The number of nitrogens with two attached hydrogens (primary N) is 2. The summed E-state index contributed by atoms with van der Waals surface area (Å²) in [4.78, 5) is 22.2. The summed E-state index contributed by atoms with van der Waals surface area (Å²) in [5, 5.41) is 15.4. The lowest BCUT2D eigenvalue weighted by Crippen LogP contribution is -2.14. The number of nitrogen functional groups attached to an aromatic ring is 2. The summed E-state index contributed by atoms with van der Waals surface area (Å²) in [7, 11) is 0. The molecule has 0 bridgehead atoms. The van der Waals surface area contributed by atoms with Crippen molar-refractivity contribution in [3.63, 3.8) is 0 Å². The molecule has 0 aliphatic heterocycles. The van der Waals surface area contributed by atoms with Crippen LogP contribution in [0, 0.1) is 10.8 Å². The highest BCUT2D eigenvalue weighted by Crippen LogP contribution is 2.26. The molecule has 0 amide bonds. The van der Waals surface area contributed by atoms with Crippen molar-refractivity contribution in [2.45, 2.75) is 33.1 Å². The Labute approximate surface area is 191 Å². The molecule has 0 unspecified atom stereocenters. The number of rotatable bonds is 12. The van der Waals surface area contributed by atoms with Crippen LogP contribution >= 0.6 is 0 Å². The van der Waals surface area contributed by atoms with Crippen molar-refractivity contribution in [2.75, 3.05) is 13.2 Å². The van der Waals surface area contributed by atoms with Gasteiger partial charge in [-0.15, -0.1) is 0 Å². The first-order valence-electron chi connectivity index (χ1n) is 10.3. The van der Waals surface area contributed by atoms with Crippen molar-refractivity contribution in [1.29, 1.82) is 10.8 Å². The van der Waals surface area contributed by atoms with Crippen LogP contribution in [0.1, 0.15) is 44.2 Å². The molecular weight excluding hydrogens is 428 g/mol. The first-order chi connectivity index (χ1) is 15.7. The van der Waals surface area contributed by atoms with Crippen molar-refractivity contribution >= 4 is 23.6 Å². The minimum absolute atomic E-state index is 0.187. The Hall–Kier alpha value is -4.08. The molecule has 2 rings (SSSR count). The molecule has 0 radical (unpaired) electrons. The van der Waals surface area contributed by atoms with E-state index in [1.807, 2.05) is 0 Å². The maximum absolute atomic E-state index is 11.1. The van der Waals surface area contributed by atoms with E-state index >= 15 is 0 Å². The monoisotopic (exact) mass is 456 g/mol. The van der Waals surface area contributed by atoms with Gasteiger partial charge in [0, 0.05) is 13.8 Å². The molecule has 0 saturated carbocycles. The van der Waals surface area contributed by atoms with E-state index in [1.54, 1.807) is 24.3 Å². The minimum atomic E-state index is -0.462.